The predicted octanol–water partition coefficient (Wildman–Crippen LogP) is 2.84. The fraction of sp³-hybridized carbons (Fsp3) is 0.389. The van der Waals surface area contributed by atoms with E-state index in [0.717, 1.165) is 25.0 Å². The van der Waals surface area contributed by atoms with Crippen LogP contribution in [0.1, 0.15) is 34.5 Å². The number of amides is 1. The van der Waals surface area contributed by atoms with Crippen LogP contribution in [-0.4, -0.2) is 40.1 Å². The van der Waals surface area contributed by atoms with Crippen molar-refractivity contribution in [2.45, 2.75) is 32.0 Å². The molecule has 1 aromatic carbocycles. The largest absolute Gasteiger partial charge is 0.474 e. The average molecular weight is 360 g/mol. The topological polar surface area (TPSA) is 64.5 Å². The van der Waals surface area contributed by atoms with Gasteiger partial charge in [-0.15, -0.1) is 0 Å². The van der Waals surface area contributed by atoms with Gasteiger partial charge < -0.3 is 14.4 Å². The number of carbonyl (C=O) groups is 1. The first-order chi connectivity index (χ1) is 12.2. The summed E-state index contributed by atoms with van der Waals surface area (Å²) in [5, 5.41) is 0.676. The maximum Gasteiger partial charge on any atom is 0.261 e. The number of nitrogens with zero attached hydrogens (tertiary/aromatic N) is 3. The lowest BCUT2D eigenvalue weighted by molar-refractivity contribution is 0.0643. The van der Waals surface area contributed by atoms with Gasteiger partial charge in [0, 0.05) is 18.2 Å². The van der Waals surface area contributed by atoms with Crippen molar-refractivity contribution in [2.24, 2.45) is 0 Å². The van der Waals surface area contributed by atoms with Crippen LogP contribution in [0.3, 0.4) is 0 Å². The quantitative estimate of drug-likeness (QED) is 0.821. The highest BCUT2D eigenvalue weighted by Gasteiger charge is 2.33. The number of hydrogen-bond acceptors (Lipinski definition) is 5. The average Bonchev–Trinajstić information content (AvgIpc) is 3.24. The summed E-state index contributed by atoms with van der Waals surface area (Å²) in [6.45, 7) is 2.13. The van der Waals surface area contributed by atoms with Gasteiger partial charge in [0.15, 0.2) is 0 Å². The molecule has 3 heterocycles. The van der Waals surface area contributed by atoms with Gasteiger partial charge in [-0.2, -0.15) is 0 Å². The molecule has 0 radical (unpaired) electrons. The molecule has 0 bridgehead atoms. The molecule has 0 spiro atoms. The smallest absolute Gasteiger partial charge is 0.261 e. The monoisotopic (exact) mass is 359 g/mol. The van der Waals surface area contributed by atoms with Crippen LogP contribution in [0.25, 0.3) is 0 Å². The Morgan fingerprint density at radius 2 is 2.12 bits per heavy atom. The summed E-state index contributed by atoms with van der Waals surface area (Å²) in [6.07, 6.45) is 3.54. The van der Waals surface area contributed by atoms with Crippen LogP contribution in [-0.2, 0) is 17.8 Å². The fourth-order valence-corrected chi connectivity index (χ4v) is 3.27. The number of rotatable bonds is 5. The Morgan fingerprint density at radius 3 is 2.88 bits per heavy atom. The fourth-order valence-electron chi connectivity index (χ4n) is 3.14. The third-order valence-corrected chi connectivity index (χ3v) is 4.70. The zero-order chi connectivity index (χ0) is 17.2. The molecule has 0 saturated carbocycles. The normalized spacial score (nSPS) is 19.3. The van der Waals surface area contributed by atoms with Gasteiger partial charge in [0.1, 0.15) is 18.5 Å². The lowest BCUT2D eigenvalue weighted by atomic mass is 10.2. The highest BCUT2D eigenvalue weighted by atomic mass is 35.5. The molecule has 1 unspecified atom stereocenters. The zero-order valence-corrected chi connectivity index (χ0v) is 14.4. The Kier molecular flexibility index (Phi) is 4.55. The molecule has 6 nitrogen and oxygen atoms in total. The van der Waals surface area contributed by atoms with Crippen LogP contribution in [0.15, 0.2) is 30.6 Å². The summed E-state index contributed by atoms with van der Waals surface area (Å²) in [6, 6.07) is 7.47. The third-order valence-electron chi connectivity index (χ3n) is 4.45. The molecular formula is C18H18ClN3O3. The van der Waals surface area contributed by atoms with Crippen molar-refractivity contribution < 1.29 is 14.3 Å². The second kappa shape index (κ2) is 6.98. The Hall–Kier alpha value is -2.18. The summed E-state index contributed by atoms with van der Waals surface area (Å²) in [5.74, 6) is 0.247. The van der Waals surface area contributed by atoms with E-state index in [1.54, 1.807) is 4.90 Å². The first kappa shape index (κ1) is 16.3. The summed E-state index contributed by atoms with van der Waals surface area (Å²) < 4.78 is 11.3. The molecule has 1 aromatic heterocycles. The minimum Gasteiger partial charge on any atom is -0.474 e. The van der Waals surface area contributed by atoms with E-state index in [-0.39, 0.29) is 12.0 Å². The van der Waals surface area contributed by atoms with E-state index < -0.39 is 0 Å². The molecule has 130 valence electrons. The van der Waals surface area contributed by atoms with Crippen molar-refractivity contribution in [1.82, 2.24) is 14.9 Å². The van der Waals surface area contributed by atoms with E-state index >= 15 is 0 Å². The second-order valence-corrected chi connectivity index (χ2v) is 6.67. The van der Waals surface area contributed by atoms with Crippen molar-refractivity contribution >= 4 is 17.5 Å². The SMILES string of the molecule is O=C1c2c(ncnc2OCC2CCCO2)CN1Cc1ccc(Cl)cc1. The van der Waals surface area contributed by atoms with E-state index in [1.807, 2.05) is 24.3 Å². The number of hydrogen-bond donors (Lipinski definition) is 0. The summed E-state index contributed by atoms with van der Waals surface area (Å²) in [5.41, 5.74) is 2.19. The maximum atomic E-state index is 12.8. The molecule has 1 amide bonds. The molecule has 7 heteroatoms. The molecule has 2 aromatic rings. The van der Waals surface area contributed by atoms with E-state index in [4.69, 9.17) is 21.1 Å². The number of fused-ring (bicyclic) bond motifs is 1. The Balaban J connectivity index is 1.48. The first-order valence-electron chi connectivity index (χ1n) is 8.32. The van der Waals surface area contributed by atoms with Crippen LogP contribution < -0.4 is 4.74 Å². The zero-order valence-electron chi connectivity index (χ0n) is 13.7. The van der Waals surface area contributed by atoms with Gasteiger partial charge in [-0.25, -0.2) is 9.97 Å². The summed E-state index contributed by atoms with van der Waals surface area (Å²) in [7, 11) is 0. The van der Waals surface area contributed by atoms with Crippen LogP contribution in [0.5, 0.6) is 5.88 Å². The van der Waals surface area contributed by atoms with Gasteiger partial charge in [0.05, 0.1) is 18.3 Å². The molecule has 4 rings (SSSR count). The molecule has 1 fully saturated rings. The van der Waals surface area contributed by atoms with Gasteiger partial charge in [0.2, 0.25) is 5.88 Å². The van der Waals surface area contributed by atoms with Gasteiger partial charge in [-0.1, -0.05) is 23.7 Å². The summed E-state index contributed by atoms with van der Waals surface area (Å²) in [4.78, 5) is 22.9. The predicted molar refractivity (Wildman–Crippen MR) is 91.5 cm³/mol. The molecule has 25 heavy (non-hydrogen) atoms. The lowest BCUT2D eigenvalue weighted by Gasteiger charge is -2.15. The van der Waals surface area contributed by atoms with Crippen LogP contribution in [0.2, 0.25) is 5.02 Å². The standard InChI is InChI=1S/C18H18ClN3O3/c19-13-5-3-12(4-6-13)8-22-9-15-16(18(22)23)17(21-11-20-15)25-10-14-2-1-7-24-14/h3-6,11,14H,1-2,7-10H2. The minimum atomic E-state index is -0.104. The molecule has 0 aliphatic carbocycles. The van der Waals surface area contributed by atoms with Crippen molar-refractivity contribution in [2.75, 3.05) is 13.2 Å². The lowest BCUT2D eigenvalue weighted by Crippen LogP contribution is -2.24. The van der Waals surface area contributed by atoms with Gasteiger partial charge >= 0.3 is 0 Å². The van der Waals surface area contributed by atoms with E-state index in [9.17, 15) is 4.79 Å². The first-order valence-corrected chi connectivity index (χ1v) is 8.70. The molecule has 0 N–H and O–H groups in total. The van der Waals surface area contributed by atoms with Gasteiger partial charge in [-0.3, -0.25) is 4.79 Å². The van der Waals surface area contributed by atoms with E-state index in [0.29, 0.717) is 41.9 Å². The molecular weight excluding hydrogens is 342 g/mol. The number of halogens is 1. The number of carbonyl (C=O) groups excluding carboxylic acids is 1. The summed E-state index contributed by atoms with van der Waals surface area (Å²) >= 11 is 5.91. The Morgan fingerprint density at radius 1 is 1.28 bits per heavy atom. The molecule has 2 aliphatic rings. The highest BCUT2D eigenvalue weighted by molar-refractivity contribution is 6.30. The molecule has 1 atom stereocenters. The highest BCUT2D eigenvalue weighted by Crippen LogP contribution is 2.29. The van der Waals surface area contributed by atoms with Crippen molar-refractivity contribution in [3.05, 3.63) is 52.4 Å². The van der Waals surface area contributed by atoms with E-state index in [1.165, 1.54) is 6.33 Å². The number of ether oxygens (including phenoxy) is 2. The van der Waals surface area contributed by atoms with Crippen molar-refractivity contribution in [1.29, 1.82) is 0 Å². The minimum absolute atomic E-state index is 0.0762. The Bertz CT molecular complexity index is 776. The van der Waals surface area contributed by atoms with Gasteiger partial charge in [0.25, 0.3) is 5.91 Å². The van der Waals surface area contributed by atoms with Gasteiger partial charge in [-0.05, 0) is 30.5 Å². The van der Waals surface area contributed by atoms with Crippen LogP contribution in [0.4, 0.5) is 0 Å². The van der Waals surface area contributed by atoms with Crippen LogP contribution in [0, 0.1) is 0 Å². The van der Waals surface area contributed by atoms with Crippen molar-refractivity contribution in [3.8, 4) is 5.88 Å². The number of benzene rings is 1. The molecule has 1 saturated heterocycles. The van der Waals surface area contributed by atoms with Crippen molar-refractivity contribution in [3.63, 3.8) is 0 Å². The molecule has 2 aliphatic heterocycles. The Labute approximate surface area is 150 Å². The third kappa shape index (κ3) is 3.45. The maximum absolute atomic E-state index is 12.8. The second-order valence-electron chi connectivity index (χ2n) is 6.23. The van der Waals surface area contributed by atoms with E-state index in [2.05, 4.69) is 9.97 Å². The van der Waals surface area contributed by atoms with Crippen LogP contribution >= 0.6 is 11.6 Å². The number of aromatic nitrogens is 2.